The van der Waals surface area contributed by atoms with Crippen molar-refractivity contribution >= 4 is 16.5 Å². The van der Waals surface area contributed by atoms with Crippen molar-refractivity contribution in [3.63, 3.8) is 0 Å². The number of hydrogen-bond acceptors (Lipinski definition) is 3. The minimum atomic E-state index is -0.367. The molecule has 0 fully saturated rings. The number of nitrogens with one attached hydrogen (secondary N) is 2. The molecule has 78 valence electrons. The third-order valence-corrected chi connectivity index (χ3v) is 2.52. The zero-order valence-electron chi connectivity index (χ0n) is 8.47. The highest BCUT2D eigenvalue weighted by molar-refractivity contribution is 5.95. The van der Waals surface area contributed by atoms with Gasteiger partial charge in [-0.2, -0.15) is 0 Å². The summed E-state index contributed by atoms with van der Waals surface area (Å²) in [5.41, 5.74) is 7.01. The fraction of sp³-hybridized carbons (Fsp3) is 0.200. The summed E-state index contributed by atoms with van der Waals surface area (Å²) < 4.78 is 0. The molecule has 0 radical (unpaired) electrons. The van der Waals surface area contributed by atoms with Crippen LogP contribution in [-0.2, 0) is 0 Å². The largest absolute Gasteiger partial charge is 0.398 e. The number of anilines is 1. The predicted octanol–water partition coefficient (Wildman–Crippen LogP) is 0.415. The van der Waals surface area contributed by atoms with E-state index in [0.717, 1.165) is 11.1 Å². The molecule has 2 aromatic rings. The first kappa shape index (κ1) is 9.51. The van der Waals surface area contributed by atoms with Crippen molar-refractivity contribution in [2.75, 3.05) is 5.73 Å². The fourth-order valence-corrected chi connectivity index (χ4v) is 1.77. The summed E-state index contributed by atoms with van der Waals surface area (Å²) in [5, 5.41) is 5.18. The van der Waals surface area contributed by atoms with Crippen molar-refractivity contribution in [1.82, 2.24) is 10.2 Å². The van der Waals surface area contributed by atoms with Gasteiger partial charge in [-0.15, -0.1) is 0 Å². The minimum Gasteiger partial charge on any atom is -0.398 e. The van der Waals surface area contributed by atoms with Gasteiger partial charge in [-0.25, -0.2) is 0 Å². The van der Waals surface area contributed by atoms with E-state index < -0.39 is 0 Å². The Morgan fingerprint density at radius 2 is 1.53 bits per heavy atom. The van der Waals surface area contributed by atoms with Gasteiger partial charge < -0.3 is 5.73 Å². The summed E-state index contributed by atoms with van der Waals surface area (Å²) in [6.07, 6.45) is 0. The van der Waals surface area contributed by atoms with E-state index in [1.54, 1.807) is 13.0 Å². The van der Waals surface area contributed by atoms with E-state index in [0.29, 0.717) is 11.1 Å². The first-order chi connectivity index (χ1) is 7.02. The van der Waals surface area contributed by atoms with Gasteiger partial charge in [0.2, 0.25) is 0 Å². The van der Waals surface area contributed by atoms with Crippen molar-refractivity contribution in [3.05, 3.63) is 37.9 Å². The van der Waals surface area contributed by atoms with Crippen LogP contribution in [0.25, 0.3) is 10.8 Å². The lowest BCUT2D eigenvalue weighted by molar-refractivity contribution is 0.975. The van der Waals surface area contributed by atoms with E-state index in [4.69, 9.17) is 5.73 Å². The van der Waals surface area contributed by atoms with Crippen molar-refractivity contribution in [3.8, 4) is 0 Å². The Balaban J connectivity index is 3.23. The highest BCUT2D eigenvalue weighted by Gasteiger charge is 2.11. The predicted molar refractivity (Wildman–Crippen MR) is 59.1 cm³/mol. The van der Waals surface area contributed by atoms with Crippen LogP contribution in [0.5, 0.6) is 0 Å². The van der Waals surface area contributed by atoms with Crippen molar-refractivity contribution < 1.29 is 0 Å². The highest BCUT2D eigenvalue weighted by atomic mass is 16.1. The van der Waals surface area contributed by atoms with Gasteiger partial charge in [0.15, 0.2) is 0 Å². The zero-order valence-corrected chi connectivity index (χ0v) is 8.47. The van der Waals surface area contributed by atoms with Crippen LogP contribution in [0.15, 0.2) is 15.7 Å². The summed E-state index contributed by atoms with van der Waals surface area (Å²) in [4.78, 5) is 23.1. The molecule has 5 nitrogen and oxygen atoms in total. The normalized spacial score (nSPS) is 10.8. The number of aromatic amines is 2. The van der Waals surface area contributed by atoms with E-state index >= 15 is 0 Å². The topological polar surface area (TPSA) is 91.7 Å². The van der Waals surface area contributed by atoms with Crippen LogP contribution < -0.4 is 16.9 Å². The van der Waals surface area contributed by atoms with Crippen LogP contribution in [-0.4, -0.2) is 10.2 Å². The molecule has 0 spiro atoms. The third kappa shape index (κ3) is 1.24. The van der Waals surface area contributed by atoms with E-state index in [1.165, 1.54) is 0 Å². The van der Waals surface area contributed by atoms with E-state index in [2.05, 4.69) is 10.2 Å². The maximum atomic E-state index is 11.6. The smallest absolute Gasteiger partial charge is 0.272 e. The Kier molecular flexibility index (Phi) is 1.89. The average molecular weight is 205 g/mol. The molecule has 0 aliphatic rings. The number of fused-ring (bicyclic) bond motifs is 1. The fourth-order valence-electron chi connectivity index (χ4n) is 1.77. The summed E-state index contributed by atoms with van der Waals surface area (Å²) in [7, 11) is 0. The van der Waals surface area contributed by atoms with Crippen LogP contribution in [0.1, 0.15) is 11.1 Å². The summed E-state index contributed by atoms with van der Waals surface area (Å²) in [6, 6.07) is 1.80. The van der Waals surface area contributed by atoms with Crippen LogP contribution in [0.2, 0.25) is 0 Å². The Morgan fingerprint density at radius 3 is 2.13 bits per heavy atom. The lowest BCUT2D eigenvalue weighted by Gasteiger charge is -2.06. The Morgan fingerprint density at radius 1 is 1.00 bits per heavy atom. The van der Waals surface area contributed by atoms with Crippen LogP contribution in [0, 0.1) is 13.8 Å². The molecule has 1 aromatic carbocycles. The molecule has 0 saturated heterocycles. The van der Waals surface area contributed by atoms with Gasteiger partial charge in [0.25, 0.3) is 11.1 Å². The first-order valence-corrected chi connectivity index (χ1v) is 4.52. The Labute approximate surface area is 84.9 Å². The summed E-state index contributed by atoms with van der Waals surface area (Å²) >= 11 is 0. The minimum absolute atomic E-state index is 0.274. The van der Waals surface area contributed by atoms with Gasteiger partial charge in [0.05, 0.1) is 10.8 Å². The van der Waals surface area contributed by atoms with Crippen LogP contribution in [0.4, 0.5) is 5.69 Å². The van der Waals surface area contributed by atoms with E-state index in [-0.39, 0.29) is 16.5 Å². The second-order valence-electron chi connectivity index (χ2n) is 3.58. The standard InChI is InChI=1S/C10H11N3O2/c1-4-3-5(2)8(11)7-6(4)9(14)12-13-10(7)15/h3H,11H2,1-2H3,(H,12,14)(H,13,15). The molecule has 0 aliphatic carbocycles. The average Bonchev–Trinajstić information content (AvgIpc) is 2.18. The molecule has 0 saturated carbocycles. The molecule has 5 heteroatoms. The zero-order chi connectivity index (χ0) is 11.2. The number of aromatic nitrogens is 2. The molecule has 0 bridgehead atoms. The van der Waals surface area contributed by atoms with Crippen molar-refractivity contribution in [1.29, 1.82) is 0 Å². The molecular weight excluding hydrogens is 194 g/mol. The van der Waals surface area contributed by atoms with Crippen molar-refractivity contribution in [2.45, 2.75) is 13.8 Å². The second-order valence-corrected chi connectivity index (χ2v) is 3.58. The van der Waals surface area contributed by atoms with Gasteiger partial charge >= 0.3 is 0 Å². The Hall–Kier alpha value is -2.04. The van der Waals surface area contributed by atoms with Crippen LogP contribution >= 0.6 is 0 Å². The van der Waals surface area contributed by atoms with Gasteiger partial charge in [-0.05, 0) is 25.0 Å². The van der Waals surface area contributed by atoms with Gasteiger partial charge in [-0.3, -0.25) is 19.8 Å². The molecule has 1 aromatic heterocycles. The first-order valence-electron chi connectivity index (χ1n) is 4.52. The quantitative estimate of drug-likeness (QED) is 0.544. The molecule has 1 heterocycles. The molecule has 4 N–H and O–H groups in total. The maximum absolute atomic E-state index is 11.6. The summed E-state index contributed by atoms with van der Waals surface area (Å²) in [5.74, 6) is 0. The van der Waals surface area contributed by atoms with Gasteiger partial charge in [-0.1, -0.05) is 6.07 Å². The molecule has 0 atom stereocenters. The van der Waals surface area contributed by atoms with E-state index in [1.807, 2.05) is 6.92 Å². The highest BCUT2D eigenvalue weighted by Crippen LogP contribution is 2.21. The number of aryl methyl sites for hydroxylation is 2. The maximum Gasteiger partial charge on any atom is 0.272 e. The molecule has 2 rings (SSSR count). The van der Waals surface area contributed by atoms with Crippen LogP contribution in [0.3, 0.4) is 0 Å². The Bertz CT molecular complexity index is 652. The SMILES string of the molecule is Cc1cc(C)c2c(=O)[nH][nH]c(=O)c2c1N. The molecule has 0 unspecified atom stereocenters. The molecule has 15 heavy (non-hydrogen) atoms. The van der Waals surface area contributed by atoms with E-state index in [9.17, 15) is 9.59 Å². The monoisotopic (exact) mass is 205 g/mol. The lowest BCUT2D eigenvalue weighted by Crippen LogP contribution is -2.21. The van der Waals surface area contributed by atoms with Gasteiger partial charge in [0.1, 0.15) is 0 Å². The number of nitrogens with two attached hydrogens (primary N) is 1. The van der Waals surface area contributed by atoms with Gasteiger partial charge in [0, 0.05) is 5.69 Å². The number of nitrogen functional groups attached to an aromatic ring is 1. The number of hydrogen-bond donors (Lipinski definition) is 3. The van der Waals surface area contributed by atoms with Crippen molar-refractivity contribution in [2.24, 2.45) is 0 Å². The number of H-pyrrole nitrogens is 2. The molecule has 0 amide bonds. The summed E-state index contributed by atoms with van der Waals surface area (Å²) in [6.45, 7) is 3.59. The molecule has 0 aliphatic heterocycles. The second kappa shape index (κ2) is 2.98. The lowest BCUT2D eigenvalue weighted by atomic mass is 10.0. The third-order valence-electron chi connectivity index (χ3n) is 2.52. The molecular formula is C10H11N3O2. The number of benzene rings is 1. The number of rotatable bonds is 0.